The van der Waals surface area contributed by atoms with E-state index >= 15 is 0 Å². The largest absolute Gasteiger partial charge is 3.00 e. The molecule has 0 aromatic carbocycles. The first-order valence-corrected chi connectivity index (χ1v) is 1.10. The predicted octanol–water partition coefficient (Wildman–Crippen LogP) is -0.862. The van der Waals surface area contributed by atoms with Gasteiger partial charge in [-0.25, -0.2) is 0 Å². The molecule has 0 saturated carbocycles. The molecule has 0 atom stereocenters. The van der Waals surface area contributed by atoms with Gasteiger partial charge >= 0.3 is 48.2 Å². The molecule has 10 heavy (non-hydrogen) atoms. The average Bonchev–Trinajstić information content (AvgIpc) is 1.25. The zero-order valence-corrected chi connectivity index (χ0v) is 9.00. The summed E-state index contributed by atoms with van der Waals surface area (Å²) in [6, 6.07) is 0. The first kappa shape index (κ1) is 22.5. The van der Waals surface area contributed by atoms with Crippen molar-refractivity contribution in [2.45, 2.75) is 0 Å². The summed E-state index contributed by atoms with van der Waals surface area (Å²) in [4.78, 5) is 16.5. The maximum Gasteiger partial charge on any atom is 3.00 e. The summed E-state index contributed by atoms with van der Waals surface area (Å²) in [7, 11) is 0. The van der Waals surface area contributed by atoms with Crippen molar-refractivity contribution in [3.05, 3.63) is 30.6 Å². The molecule has 0 heterocycles. The zero-order valence-electron chi connectivity index (χ0n) is 4.22. The van der Waals surface area contributed by atoms with E-state index in [2.05, 4.69) is 0 Å². The van der Waals surface area contributed by atoms with Crippen LogP contribution >= 0.6 is 0 Å². The van der Waals surface area contributed by atoms with Crippen molar-refractivity contribution in [1.82, 2.24) is 0 Å². The normalized spacial score (nSPS) is 4.80. The van der Waals surface area contributed by atoms with Crippen molar-refractivity contribution >= 4 is 25.8 Å². The Morgan fingerprint density at radius 2 is 0.800 bits per heavy atom. The Kier molecular flexibility index (Phi) is 36.0. The van der Waals surface area contributed by atoms with Crippen LogP contribution in [0, 0.1) is 30.6 Å². The summed E-state index contributed by atoms with van der Waals surface area (Å²) >= 11 is 0. The minimum atomic E-state index is -1.75. The van der Waals surface area contributed by atoms with Crippen molar-refractivity contribution in [3.63, 3.8) is 0 Å². The average molecular weight is 347 g/mol. The van der Waals surface area contributed by atoms with Crippen molar-refractivity contribution < 1.29 is 32.6 Å². The van der Waals surface area contributed by atoms with Crippen molar-refractivity contribution in [3.8, 4) is 0 Å². The Bertz CT molecular complexity index is 73.7. The minimum Gasteiger partial charge on any atom is -0.356 e. The maximum atomic E-state index is 8.25. The van der Waals surface area contributed by atoms with E-state index in [1.165, 1.54) is 0 Å². The third-order valence-corrected chi connectivity index (χ3v) is 0. The standard InChI is InChI=1S/Ag.In.2NO3/c;;2*2-1(3)4/q+1;+3;2*-1. The van der Waals surface area contributed by atoms with Gasteiger partial charge in [-0.3, -0.25) is 0 Å². The molecule has 0 aliphatic heterocycles. The van der Waals surface area contributed by atoms with Gasteiger partial charge in [-0.2, -0.15) is 0 Å². The second-order valence-electron chi connectivity index (χ2n) is 0.447. The van der Waals surface area contributed by atoms with Crippen molar-refractivity contribution in [1.29, 1.82) is 0 Å². The Hall–Kier alpha value is 0.0104. The van der Waals surface area contributed by atoms with E-state index in [-0.39, 0.29) is 48.2 Å². The quantitative estimate of drug-likeness (QED) is 0.318. The van der Waals surface area contributed by atoms with Crippen LogP contribution < -0.4 is 0 Å². The van der Waals surface area contributed by atoms with Gasteiger partial charge in [0.25, 0.3) is 0 Å². The van der Waals surface area contributed by atoms with E-state index in [0.29, 0.717) is 0 Å². The van der Waals surface area contributed by atoms with Gasteiger partial charge < -0.3 is 30.6 Å². The molecule has 8 nitrogen and oxygen atoms in total. The number of nitrogens with zero attached hydrogens (tertiary/aromatic N) is 2. The van der Waals surface area contributed by atoms with E-state index in [0.717, 1.165) is 0 Å². The van der Waals surface area contributed by atoms with E-state index in [4.69, 9.17) is 30.6 Å². The monoisotopic (exact) mass is 346 g/mol. The van der Waals surface area contributed by atoms with E-state index in [1.54, 1.807) is 0 Å². The molecular formula is AgInN2O6+2. The van der Waals surface area contributed by atoms with Crippen LogP contribution in [-0.2, 0) is 22.4 Å². The molecule has 0 saturated heterocycles. The van der Waals surface area contributed by atoms with Crippen LogP contribution in [0.15, 0.2) is 0 Å². The fraction of sp³-hybridized carbons (Fsp3) is 0. The van der Waals surface area contributed by atoms with E-state index < -0.39 is 10.2 Å². The summed E-state index contributed by atoms with van der Waals surface area (Å²) in [6.45, 7) is 0. The van der Waals surface area contributed by atoms with Crippen LogP contribution in [-0.4, -0.2) is 36.0 Å². The number of hydrogen-bond acceptors (Lipinski definition) is 6. The molecular weight excluding hydrogens is 347 g/mol. The first-order valence-electron chi connectivity index (χ1n) is 1.10. The summed E-state index contributed by atoms with van der Waals surface area (Å²) in [5.74, 6) is 0. The molecule has 0 aliphatic rings. The molecule has 0 aliphatic carbocycles. The van der Waals surface area contributed by atoms with Crippen molar-refractivity contribution in [2.24, 2.45) is 0 Å². The fourth-order valence-corrected chi connectivity index (χ4v) is 0. The van der Waals surface area contributed by atoms with Crippen LogP contribution in [0.3, 0.4) is 0 Å². The molecule has 0 spiro atoms. The van der Waals surface area contributed by atoms with Gasteiger partial charge in [0, 0.05) is 0 Å². The topological polar surface area (TPSA) is 132 Å². The van der Waals surface area contributed by atoms with Gasteiger partial charge in [0.15, 0.2) is 0 Å². The second-order valence-corrected chi connectivity index (χ2v) is 0.447. The Labute approximate surface area is 88.7 Å². The van der Waals surface area contributed by atoms with Gasteiger partial charge in [-0.1, -0.05) is 0 Å². The van der Waals surface area contributed by atoms with Gasteiger partial charge in [-0.05, 0) is 0 Å². The summed E-state index contributed by atoms with van der Waals surface area (Å²) < 4.78 is 0. The molecule has 0 N–H and O–H groups in total. The third kappa shape index (κ3) is 3650000. The number of rotatable bonds is 0. The number of hydrogen-bond donors (Lipinski definition) is 0. The van der Waals surface area contributed by atoms with Crippen LogP contribution in [0.5, 0.6) is 0 Å². The van der Waals surface area contributed by atoms with Crippen LogP contribution in [0.2, 0.25) is 0 Å². The molecule has 0 rings (SSSR count). The summed E-state index contributed by atoms with van der Waals surface area (Å²) in [6.07, 6.45) is 0. The van der Waals surface area contributed by atoms with Gasteiger partial charge in [-0.15, -0.1) is 0 Å². The van der Waals surface area contributed by atoms with Crippen LogP contribution in [0.25, 0.3) is 0 Å². The van der Waals surface area contributed by atoms with Crippen LogP contribution in [0.4, 0.5) is 0 Å². The fourth-order valence-electron chi connectivity index (χ4n) is 0. The molecule has 0 amide bonds. The van der Waals surface area contributed by atoms with E-state index in [9.17, 15) is 0 Å². The smallest absolute Gasteiger partial charge is 0.356 e. The molecule has 10 heteroatoms. The molecule has 0 fully saturated rings. The Balaban J connectivity index is -0.0000000300. The molecule has 0 aromatic rings. The van der Waals surface area contributed by atoms with Crippen molar-refractivity contribution in [2.75, 3.05) is 0 Å². The Morgan fingerprint density at radius 1 is 0.800 bits per heavy atom. The van der Waals surface area contributed by atoms with Crippen LogP contribution in [0.1, 0.15) is 0 Å². The minimum absolute atomic E-state index is 0. The molecule has 0 radical (unpaired) electrons. The SMILES string of the molecule is O=[N+]([O-])[O-].O=[N+]([O-])[O-].[Ag+].[In+3]. The first-order chi connectivity index (χ1) is 3.46. The van der Waals surface area contributed by atoms with Gasteiger partial charge in [0.2, 0.25) is 0 Å². The molecule has 0 bridgehead atoms. The predicted molar refractivity (Wildman–Crippen MR) is 26.5 cm³/mol. The zero-order chi connectivity index (χ0) is 7.15. The molecule has 58 valence electrons. The van der Waals surface area contributed by atoms with Gasteiger partial charge in [0.1, 0.15) is 0 Å². The molecule has 0 aromatic heterocycles. The molecule has 0 unspecified atom stereocenters. The third-order valence-electron chi connectivity index (χ3n) is 0. The summed E-state index contributed by atoms with van der Waals surface area (Å²) in [5, 5.41) is 29.5. The Morgan fingerprint density at radius 3 is 0.800 bits per heavy atom. The maximum absolute atomic E-state index is 8.25. The van der Waals surface area contributed by atoms with E-state index in [1.807, 2.05) is 0 Å². The van der Waals surface area contributed by atoms with Gasteiger partial charge in [0.05, 0.1) is 10.2 Å². The second kappa shape index (κ2) is 16.0. The summed E-state index contributed by atoms with van der Waals surface area (Å²) in [5.41, 5.74) is 0.